The van der Waals surface area contributed by atoms with Gasteiger partial charge in [-0.05, 0) is 62.0 Å². The van der Waals surface area contributed by atoms with E-state index in [-0.39, 0.29) is 18.1 Å². The summed E-state index contributed by atoms with van der Waals surface area (Å²) < 4.78 is 15.1. The molecule has 2 heterocycles. The SMILES string of the molecule is O=C(CN1CCc2ccc(F)cc21)c1cc(Br)sc1Br. The summed E-state index contributed by atoms with van der Waals surface area (Å²) in [6.45, 7) is 1.03. The Bertz CT molecular complexity index is 686. The number of thiophene rings is 1. The second kappa shape index (κ2) is 5.58. The number of Topliss-reactive ketones (excluding diaryl/α,β-unsaturated/α-hetero) is 1. The number of nitrogens with zero attached hydrogens (tertiary/aromatic N) is 1. The van der Waals surface area contributed by atoms with Gasteiger partial charge in [-0.1, -0.05) is 6.07 Å². The lowest BCUT2D eigenvalue weighted by Crippen LogP contribution is -2.28. The Morgan fingerprint density at radius 3 is 2.85 bits per heavy atom. The zero-order valence-electron chi connectivity index (χ0n) is 10.3. The van der Waals surface area contributed by atoms with Gasteiger partial charge in [0.05, 0.1) is 14.1 Å². The van der Waals surface area contributed by atoms with Crippen LogP contribution in [-0.2, 0) is 6.42 Å². The molecule has 1 aromatic carbocycles. The number of benzene rings is 1. The first-order chi connectivity index (χ1) is 9.54. The van der Waals surface area contributed by atoms with Crippen LogP contribution in [0.5, 0.6) is 0 Å². The maximum absolute atomic E-state index is 13.3. The molecule has 0 N–H and O–H groups in total. The maximum atomic E-state index is 13.3. The third-order valence-corrected chi connectivity index (χ3v) is 5.67. The van der Waals surface area contributed by atoms with Crippen LogP contribution in [0.15, 0.2) is 31.8 Å². The molecule has 1 aromatic heterocycles. The maximum Gasteiger partial charge on any atom is 0.184 e. The number of rotatable bonds is 3. The average molecular weight is 419 g/mol. The van der Waals surface area contributed by atoms with E-state index in [1.807, 2.05) is 11.0 Å². The molecule has 0 unspecified atom stereocenters. The number of halogens is 3. The van der Waals surface area contributed by atoms with Crippen LogP contribution in [0.2, 0.25) is 0 Å². The minimum absolute atomic E-state index is 0.0379. The van der Waals surface area contributed by atoms with Gasteiger partial charge in [-0.2, -0.15) is 0 Å². The molecule has 0 saturated heterocycles. The lowest BCUT2D eigenvalue weighted by molar-refractivity contribution is 0.0999. The Balaban J connectivity index is 1.82. The second-order valence-corrected chi connectivity index (χ2v) is 8.35. The Kier molecular flexibility index (Phi) is 3.97. The van der Waals surface area contributed by atoms with Gasteiger partial charge in [-0.25, -0.2) is 4.39 Å². The van der Waals surface area contributed by atoms with Gasteiger partial charge < -0.3 is 4.90 Å². The standard InChI is InChI=1S/C14H10Br2FNOS/c15-13-6-10(14(16)20-13)12(19)7-18-4-3-8-1-2-9(17)5-11(8)18/h1-2,5-6H,3-4,7H2. The number of hydrogen-bond acceptors (Lipinski definition) is 3. The molecule has 0 amide bonds. The van der Waals surface area contributed by atoms with Crippen LogP contribution in [0.1, 0.15) is 15.9 Å². The number of hydrogen-bond donors (Lipinski definition) is 0. The van der Waals surface area contributed by atoms with E-state index in [9.17, 15) is 9.18 Å². The third-order valence-electron chi connectivity index (χ3n) is 3.33. The molecule has 0 fully saturated rings. The number of fused-ring (bicyclic) bond motifs is 1. The molecule has 3 rings (SSSR count). The van der Waals surface area contributed by atoms with Crippen molar-refractivity contribution in [2.45, 2.75) is 6.42 Å². The number of carbonyl (C=O) groups is 1. The topological polar surface area (TPSA) is 20.3 Å². The highest BCUT2D eigenvalue weighted by molar-refractivity contribution is 9.12. The van der Waals surface area contributed by atoms with E-state index < -0.39 is 0 Å². The lowest BCUT2D eigenvalue weighted by atomic mass is 10.1. The molecule has 2 aromatic rings. The van der Waals surface area contributed by atoms with Gasteiger partial charge in [0.15, 0.2) is 5.78 Å². The van der Waals surface area contributed by atoms with Crippen LogP contribution in [0, 0.1) is 5.82 Å². The van der Waals surface area contributed by atoms with Crippen molar-refractivity contribution in [1.29, 1.82) is 0 Å². The third kappa shape index (κ3) is 2.69. The van der Waals surface area contributed by atoms with E-state index in [0.29, 0.717) is 5.56 Å². The fourth-order valence-electron chi connectivity index (χ4n) is 2.37. The van der Waals surface area contributed by atoms with Gasteiger partial charge in [0.1, 0.15) is 5.82 Å². The average Bonchev–Trinajstić information content (AvgIpc) is 2.93. The van der Waals surface area contributed by atoms with E-state index in [4.69, 9.17) is 0 Å². The molecule has 0 atom stereocenters. The summed E-state index contributed by atoms with van der Waals surface area (Å²) in [5.74, 6) is -0.224. The molecule has 0 saturated carbocycles. The van der Waals surface area contributed by atoms with Crippen molar-refractivity contribution in [3.05, 3.63) is 48.8 Å². The molecule has 0 bridgehead atoms. The molecular formula is C14H10Br2FNOS. The largest absolute Gasteiger partial charge is 0.363 e. The fourth-order valence-corrected chi connectivity index (χ4v) is 5.23. The molecule has 104 valence electrons. The first kappa shape index (κ1) is 14.2. The van der Waals surface area contributed by atoms with Crippen LogP contribution in [0.25, 0.3) is 0 Å². The highest BCUT2D eigenvalue weighted by Crippen LogP contribution is 2.33. The van der Waals surface area contributed by atoms with Crippen LogP contribution < -0.4 is 4.90 Å². The summed E-state index contributed by atoms with van der Waals surface area (Å²) in [4.78, 5) is 14.3. The Morgan fingerprint density at radius 2 is 2.15 bits per heavy atom. The summed E-state index contributed by atoms with van der Waals surface area (Å²) in [5.41, 5.74) is 2.61. The molecule has 0 spiro atoms. The van der Waals surface area contributed by atoms with Crippen molar-refractivity contribution in [1.82, 2.24) is 0 Å². The van der Waals surface area contributed by atoms with Gasteiger partial charge >= 0.3 is 0 Å². The van der Waals surface area contributed by atoms with Gasteiger partial charge in [0, 0.05) is 17.8 Å². The molecule has 1 aliphatic rings. The first-order valence-electron chi connectivity index (χ1n) is 6.06. The van der Waals surface area contributed by atoms with Crippen molar-refractivity contribution in [2.24, 2.45) is 0 Å². The summed E-state index contributed by atoms with van der Waals surface area (Å²) in [6, 6.07) is 6.59. The highest BCUT2D eigenvalue weighted by atomic mass is 79.9. The predicted molar refractivity (Wildman–Crippen MR) is 86.4 cm³/mol. The predicted octanol–water partition coefficient (Wildman–Crippen LogP) is 4.66. The fraction of sp³-hybridized carbons (Fsp3) is 0.214. The van der Waals surface area contributed by atoms with Crippen molar-refractivity contribution >= 4 is 54.7 Å². The van der Waals surface area contributed by atoms with E-state index in [1.165, 1.54) is 23.5 Å². The van der Waals surface area contributed by atoms with Gasteiger partial charge in [0.2, 0.25) is 0 Å². The summed E-state index contributed by atoms with van der Waals surface area (Å²) in [6.07, 6.45) is 0.859. The summed E-state index contributed by atoms with van der Waals surface area (Å²) in [7, 11) is 0. The van der Waals surface area contributed by atoms with E-state index >= 15 is 0 Å². The zero-order chi connectivity index (χ0) is 14.3. The van der Waals surface area contributed by atoms with Crippen molar-refractivity contribution in [2.75, 3.05) is 18.0 Å². The Hall–Kier alpha value is -0.720. The molecule has 0 radical (unpaired) electrons. The van der Waals surface area contributed by atoms with Crippen LogP contribution in [0.4, 0.5) is 10.1 Å². The minimum atomic E-state index is -0.262. The summed E-state index contributed by atoms with van der Waals surface area (Å²) >= 11 is 8.25. The zero-order valence-corrected chi connectivity index (χ0v) is 14.3. The van der Waals surface area contributed by atoms with Crippen LogP contribution in [-0.4, -0.2) is 18.9 Å². The number of ketones is 1. The van der Waals surface area contributed by atoms with E-state index in [1.54, 1.807) is 6.07 Å². The molecule has 0 aliphatic carbocycles. The number of anilines is 1. The van der Waals surface area contributed by atoms with Crippen molar-refractivity contribution < 1.29 is 9.18 Å². The number of carbonyl (C=O) groups excluding carboxylic acids is 1. The summed E-state index contributed by atoms with van der Waals surface area (Å²) in [5, 5.41) is 0. The normalized spacial score (nSPS) is 13.7. The Labute approximate surface area is 136 Å². The van der Waals surface area contributed by atoms with Gasteiger partial charge in [-0.3, -0.25) is 4.79 Å². The van der Waals surface area contributed by atoms with E-state index in [0.717, 1.165) is 31.8 Å². The van der Waals surface area contributed by atoms with Gasteiger partial charge in [-0.15, -0.1) is 11.3 Å². The molecular weight excluding hydrogens is 409 g/mol. The monoisotopic (exact) mass is 417 g/mol. The van der Waals surface area contributed by atoms with Crippen molar-refractivity contribution in [3.8, 4) is 0 Å². The van der Waals surface area contributed by atoms with Crippen LogP contribution in [0.3, 0.4) is 0 Å². The minimum Gasteiger partial charge on any atom is -0.363 e. The highest BCUT2D eigenvalue weighted by Gasteiger charge is 2.23. The lowest BCUT2D eigenvalue weighted by Gasteiger charge is -2.18. The smallest absolute Gasteiger partial charge is 0.184 e. The molecule has 6 heteroatoms. The Morgan fingerprint density at radius 1 is 1.35 bits per heavy atom. The quantitative estimate of drug-likeness (QED) is 0.675. The molecule has 2 nitrogen and oxygen atoms in total. The first-order valence-corrected chi connectivity index (χ1v) is 8.46. The molecule has 1 aliphatic heterocycles. The van der Waals surface area contributed by atoms with Crippen molar-refractivity contribution in [3.63, 3.8) is 0 Å². The second-order valence-electron chi connectivity index (χ2n) is 4.61. The van der Waals surface area contributed by atoms with Gasteiger partial charge in [0.25, 0.3) is 0 Å². The van der Waals surface area contributed by atoms with E-state index in [2.05, 4.69) is 31.9 Å². The molecule has 20 heavy (non-hydrogen) atoms. The van der Waals surface area contributed by atoms with Crippen LogP contribution >= 0.6 is 43.2 Å².